The highest BCUT2D eigenvalue weighted by Gasteiger charge is 2.45. The summed E-state index contributed by atoms with van der Waals surface area (Å²) in [4.78, 5) is 12.4. The Morgan fingerprint density at radius 3 is 2.19 bits per heavy atom. The molecule has 2 unspecified atom stereocenters. The molecule has 0 saturated carbocycles. The van der Waals surface area contributed by atoms with Crippen molar-refractivity contribution in [2.24, 2.45) is 0 Å². The molecule has 0 radical (unpaired) electrons. The number of likely N-dealkylation sites (N-methyl/N-ethyl adjacent to an activating group) is 1. The molecule has 1 fully saturated rings. The van der Waals surface area contributed by atoms with Crippen LogP contribution in [0, 0.1) is 0 Å². The summed E-state index contributed by atoms with van der Waals surface area (Å²) < 4.78 is 22.6. The molecule has 2 N–H and O–H groups in total. The van der Waals surface area contributed by atoms with Crippen molar-refractivity contribution in [3.63, 3.8) is 0 Å². The molecule has 0 aromatic rings. The number of aliphatic hydroxyl groups excluding tert-OH is 1. The molecular formula is C9H17NO5S. The lowest BCUT2D eigenvalue weighted by atomic mass is 10.0. The van der Waals surface area contributed by atoms with E-state index in [4.69, 9.17) is 5.11 Å². The molecule has 0 amide bonds. The number of carboxylic acid groups (broad SMARTS) is 1. The zero-order valence-corrected chi connectivity index (χ0v) is 10.4. The van der Waals surface area contributed by atoms with E-state index in [-0.39, 0.29) is 11.5 Å². The van der Waals surface area contributed by atoms with Gasteiger partial charge in [-0.15, -0.1) is 0 Å². The molecule has 1 rings (SSSR count). The predicted octanol–water partition coefficient (Wildman–Crippen LogP) is -1.06. The highest BCUT2D eigenvalue weighted by Crippen LogP contribution is 2.24. The molecule has 0 bridgehead atoms. The molecule has 7 heteroatoms. The van der Waals surface area contributed by atoms with Crippen LogP contribution in [-0.4, -0.2) is 65.7 Å². The fourth-order valence-electron chi connectivity index (χ4n) is 1.75. The molecule has 1 saturated heterocycles. The van der Waals surface area contributed by atoms with Crippen LogP contribution >= 0.6 is 0 Å². The predicted molar refractivity (Wildman–Crippen MR) is 57.9 cm³/mol. The third kappa shape index (κ3) is 2.36. The van der Waals surface area contributed by atoms with Crippen LogP contribution in [0.5, 0.6) is 0 Å². The van der Waals surface area contributed by atoms with E-state index in [1.54, 1.807) is 0 Å². The maximum atomic E-state index is 11.3. The van der Waals surface area contributed by atoms with Crippen molar-refractivity contribution in [3.8, 4) is 0 Å². The first-order valence-electron chi connectivity index (χ1n) is 4.93. The zero-order chi connectivity index (χ0) is 12.7. The normalized spacial score (nSPS) is 29.6. The highest BCUT2D eigenvalue weighted by atomic mass is 32.2. The summed E-state index contributed by atoms with van der Waals surface area (Å²) in [5.41, 5.74) is -1.20. The number of carboxylic acids is 1. The van der Waals surface area contributed by atoms with E-state index >= 15 is 0 Å². The molecule has 1 heterocycles. The maximum absolute atomic E-state index is 11.3. The number of rotatable bonds is 3. The molecule has 6 nitrogen and oxygen atoms in total. The number of hydrogen-bond acceptors (Lipinski definition) is 5. The molecule has 0 aromatic carbocycles. The van der Waals surface area contributed by atoms with Gasteiger partial charge in [0.2, 0.25) is 0 Å². The quantitative estimate of drug-likeness (QED) is 0.664. The van der Waals surface area contributed by atoms with Gasteiger partial charge in [-0.3, -0.25) is 9.69 Å². The SMILES string of the molecule is CN(C1CS(=O)(=O)CC1O)C(C)(C)C(=O)O. The Hall–Kier alpha value is -0.660. The Bertz CT molecular complexity index is 389. The maximum Gasteiger partial charge on any atom is 0.323 e. The molecule has 16 heavy (non-hydrogen) atoms. The summed E-state index contributed by atoms with van der Waals surface area (Å²) in [6.45, 7) is 2.96. The number of aliphatic carboxylic acids is 1. The van der Waals surface area contributed by atoms with Crippen molar-refractivity contribution < 1.29 is 23.4 Å². The minimum Gasteiger partial charge on any atom is -0.480 e. The van der Waals surface area contributed by atoms with Gasteiger partial charge in [-0.2, -0.15) is 0 Å². The first-order chi connectivity index (χ1) is 7.08. The highest BCUT2D eigenvalue weighted by molar-refractivity contribution is 7.91. The van der Waals surface area contributed by atoms with Gasteiger partial charge in [0.05, 0.1) is 23.7 Å². The first kappa shape index (κ1) is 13.4. The van der Waals surface area contributed by atoms with E-state index in [1.807, 2.05) is 0 Å². The van der Waals surface area contributed by atoms with Gasteiger partial charge in [0.25, 0.3) is 0 Å². The van der Waals surface area contributed by atoms with Gasteiger partial charge in [0.15, 0.2) is 9.84 Å². The monoisotopic (exact) mass is 251 g/mol. The summed E-state index contributed by atoms with van der Waals surface area (Å²) in [6.07, 6.45) is -1.02. The van der Waals surface area contributed by atoms with E-state index in [0.717, 1.165) is 0 Å². The Morgan fingerprint density at radius 2 is 1.88 bits per heavy atom. The number of nitrogens with zero attached hydrogens (tertiary/aromatic N) is 1. The average molecular weight is 251 g/mol. The van der Waals surface area contributed by atoms with Gasteiger partial charge in [-0.1, -0.05) is 0 Å². The van der Waals surface area contributed by atoms with Crippen LogP contribution in [0.4, 0.5) is 0 Å². The first-order valence-corrected chi connectivity index (χ1v) is 6.75. The Kier molecular flexibility index (Phi) is 3.33. The van der Waals surface area contributed by atoms with Gasteiger partial charge in [-0.25, -0.2) is 8.42 Å². The molecule has 2 atom stereocenters. The Labute approximate surface area is 94.8 Å². The fraction of sp³-hybridized carbons (Fsp3) is 0.889. The second-order valence-corrected chi connectivity index (χ2v) is 6.84. The molecule has 1 aliphatic heterocycles. The van der Waals surface area contributed by atoms with Crippen molar-refractivity contribution in [1.29, 1.82) is 0 Å². The molecule has 94 valence electrons. The van der Waals surface area contributed by atoms with Crippen LogP contribution < -0.4 is 0 Å². The van der Waals surface area contributed by atoms with Crippen LogP contribution in [0.3, 0.4) is 0 Å². The van der Waals surface area contributed by atoms with Crippen LogP contribution in [0.2, 0.25) is 0 Å². The fourth-order valence-corrected chi connectivity index (χ4v) is 3.59. The van der Waals surface area contributed by atoms with E-state index in [2.05, 4.69) is 0 Å². The van der Waals surface area contributed by atoms with Crippen molar-refractivity contribution in [3.05, 3.63) is 0 Å². The van der Waals surface area contributed by atoms with Crippen molar-refractivity contribution >= 4 is 15.8 Å². The van der Waals surface area contributed by atoms with Crippen LogP contribution in [-0.2, 0) is 14.6 Å². The van der Waals surface area contributed by atoms with Crippen LogP contribution in [0.25, 0.3) is 0 Å². The second-order valence-electron chi connectivity index (χ2n) is 4.69. The van der Waals surface area contributed by atoms with Crippen LogP contribution in [0.1, 0.15) is 13.8 Å². The second kappa shape index (κ2) is 3.97. The summed E-state index contributed by atoms with van der Waals surface area (Å²) in [5, 5.41) is 18.6. The number of hydrogen-bond donors (Lipinski definition) is 2. The molecule has 0 aliphatic carbocycles. The number of aliphatic hydroxyl groups is 1. The summed E-state index contributed by atoms with van der Waals surface area (Å²) in [6, 6.07) is -0.656. The lowest BCUT2D eigenvalue weighted by Gasteiger charge is -2.36. The number of carbonyl (C=O) groups is 1. The summed E-state index contributed by atoms with van der Waals surface area (Å²) >= 11 is 0. The standard InChI is InChI=1S/C9H17NO5S/c1-9(2,8(12)13)10(3)6-4-16(14,15)5-7(6)11/h6-7,11H,4-5H2,1-3H3,(H,12,13). The minimum absolute atomic E-state index is 0.193. The average Bonchev–Trinajstić information content (AvgIpc) is 2.38. The molecular weight excluding hydrogens is 234 g/mol. The third-order valence-corrected chi connectivity index (χ3v) is 4.89. The van der Waals surface area contributed by atoms with Crippen molar-refractivity contribution in [2.75, 3.05) is 18.6 Å². The van der Waals surface area contributed by atoms with Gasteiger partial charge in [-0.05, 0) is 20.9 Å². The van der Waals surface area contributed by atoms with Gasteiger partial charge >= 0.3 is 5.97 Å². The lowest BCUT2D eigenvalue weighted by molar-refractivity contribution is -0.150. The Morgan fingerprint density at radius 1 is 1.38 bits per heavy atom. The smallest absolute Gasteiger partial charge is 0.323 e. The van der Waals surface area contributed by atoms with Gasteiger partial charge in [0.1, 0.15) is 5.54 Å². The molecule has 1 aliphatic rings. The Balaban J connectivity index is 2.92. The lowest BCUT2D eigenvalue weighted by Crippen LogP contribution is -2.55. The van der Waals surface area contributed by atoms with E-state index in [9.17, 15) is 18.3 Å². The van der Waals surface area contributed by atoms with Gasteiger partial charge < -0.3 is 10.2 Å². The van der Waals surface area contributed by atoms with E-state index < -0.39 is 33.5 Å². The largest absolute Gasteiger partial charge is 0.480 e. The summed E-state index contributed by atoms with van der Waals surface area (Å²) in [7, 11) is -1.74. The van der Waals surface area contributed by atoms with Gasteiger partial charge in [0, 0.05) is 0 Å². The molecule has 0 aromatic heterocycles. The van der Waals surface area contributed by atoms with Crippen molar-refractivity contribution in [2.45, 2.75) is 31.5 Å². The molecule has 0 spiro atoms. The topological polar surface area (TPSA) is 94.9 Å². The van der Waals surface area contributed by atoms with Crippen molar-refractivity contribution in [1.82, 2.24) is 4.90 Å². The van der Waals surface area contributed by atoms with Crippen LogP contribution in [0.15, 0.2) is 0 Å². The van der Waals surface area contributed by atoms with E-state index in [0.29, 0.717) is 0 Å². The van der Waals surface area contributed by atoms with E-state index in [1.165, 1.54) is 25.8 Å². The third-order valence-electron chi connectivity index (χ3n) is 3.20. The zero-order valence-electron chi connectivity index (χ0n) is 9.54. The summed E-state index contributed by atoms with van der Waals surface area (Å²) in [5.74, 6) is -1.54. The minimum atomic E-state index is -3.26. The number of sulfone groups is 1.